The monoisotopic (exact) mass is 302 g/mol. The second-order valence-electron chi connectivity index (χ2n) is 5.12. The molecule has 0 spiro atoms. The van der Waals surface area contributed by atoms with Gasteiger partial charge in [-0.05, 0) is 25.0 Å². The van der Waals surface area contributed by atoms with Crippen LogP contribution in [0.25, 0.3) is 0 Å². The number of aromatic nitrogens is 1. The van der Waals surface area contributed by atoms with Crippen LogP contribution in [-0.2, 0) is 11.2 Å². The minimum atomic E-state index is -0.415. The minimum Gasteiger partial charge on any atom is -0.362 e. The molecule has 0 saturated heterocycles. The van der Waals surface area contributed by atoms with Crippen molar-refractivity contribution in [3.63, 3.8) is 0 Å². The van der Waals surface area contributed by atoms with Gasteiger partial charge in [0.15, 0.2) is 0 Å². The number of non-ortho nitro benzene ring substituents is 1. The van der Waals surface area contributed by atoms with Crippen LogP contribution in [0.3, 0.4) is 0 Å². The van der Waals surface area contributed by atoms with Crippen molar-refractivity contribution in [3.8, 4) is 0 Å². The molecule has 1 aliphatic heterocycles. The zero-order valence-electron chi connectivity index (χ0n) is 11.9. The van der Waals surface area contributed by atoms with E-state index < -0.39 is 4.92 Å². The van der Waals surface area contributed by atoms with Crippen LogP contribution >= 0.6 is 0 Å². The van der Waals surface area contributed by atoms with Crippen LogP contribution in [0, 0.1) is 17.0 Å². The lowest BCUT2D eigenvalue weighted by molar-refractivity contribution is -0.384. The lowest BCUT2D eigenvalue weighted by Crippen LogP contribution is -2.31. The fourth-order valence-electron chi connectivity index (χ4n) is 2.51. The molecular formula is C14H14N4O4. The average Bonchev–Trinajstić information content (AvgIpc) is 3.05. The van der Waals surface area contributed by atoms with Crippen molar-refractivity contribution >= 4 is 23.2 Å². The van der Waals surface area contributed by atoms with Gasteiger partial charge in [0, 0.05) is 30.4 Å². The molecule has 0 atom stereocenters. The molecule has 0 saturated carbocycles. The van der Waals surface area contributed by atoms with Crippen LogP contribution in [0.15, 0.2) is 28.8 Å². The molecule has 0 unspecified atom stereocenters. The van der Waals surface area contributed by atoms with Gasteiger partial charge in [0.05, 0.1) is 17.2 Å². The number of amides is 1. The molecule has 2 heterocycles. The standard InChI is InChI=1S/C14H14N4O4/c1-9-6-14(22-16-9)15-13(19)8-17-5-4-10-7-11(18(20)21)2-3-12(10)17/h2-3,6-7H,4-5,8H2,1H3,(H,15,19). The second-order valence-corrected chi connectivity index (χ2v) is 5.12. The molecule has 1 N–H and O–H groups in total. The highest BCUT2D eigenvalue weighted by Gasteiger charge is 2.23. The number of carbonyl (C=O) groups is 1. The zero-order valence-corrected chi connectivity index (χ0v) is 11.9. The largest absolute Gasteiger partial charge is 0.362 e. The van der Waals surface area contributed by atoms with Gasteiger partial charge in [0.25, 0.3) is 5.69 Å². The van der Waals surface area contributed by atoms with Gasteiger partial charge < -0.3 is 9.42 Å². The number of nitrogens with zero attached hydrogens (tertiary/aromatic N) is 3. The number of carbonyl (C=O) groups excluding carboxylic acids is 1. The molecule has 8 nitrogen and oxygen atoms in total. The highest BCUT2D eigenvalue weighted by atomic mass is 16.6. The number of rotatable bonds is 4. The third-order valence-electron chi connectivity index (χ3n) is 3.49. The molecule has 1 amide bonds. The summed E-state index contributed by atoms with van der Waals surface area (Å²) in [6.07, 6.45) is 0.686. The van der Waals surface area contributed by atoms with E-state index in [0.29, 0.717) is 24.5 Å². The molecule has 3 rings (SSSR count). The Morgan fingerprint density at radius 3 is 3.00 bits per heavy atom. The maximum Gasteiger partial charge on any atom is 0.269 e. The molecule has 0 aliphatic carbocycles. The van der Waals surface area contributed by atoms with Crippen LogP contribution in [0.1, 0.15) is 11.3 Å². The van der Waals surface area contributed by atoms with Gasteiger partial charge in [-0.1, -0.05) is 5.16 Å². The summed E-state index contributed by atoms with van der Waals surface area (Å²) < 4.78 is 4.94. The fraction of sp³-hybridized carbons (Fsp3) is 0.286. The summed E-state index contributed by atoms with van der Waals surface area (Å²) >= 11 is 0. The molecule has 0 radical (unpaired) electrons. The number of hydrogen-bond acceptors (Lipinski definition) is 6. The van der Waals surface area contributed by atoms with E-state index in [0.717, 1.165) is 11.3 Å². The molecule has 1 aromatic heterocycles. The van der Waals surface area contributed by atoms with Crippen molar-refractivity contribution in [2.45, 2.75) is 13.3 Å². The van der Waals surface area contributed by atoms with Crippen molar-refractivity contribution in [1.29, 1.82) is 0 Å². The molecule has 8 heteroatoms. The number of nitro benzene ring substituents is 1. The number of nitro groups is 1. The highest BCUT2D eigenvalue weighted by molar-refractivity contribution is 5.93. The first kappa shape index (κ1) is 14.1. The third kappa shape index (κ3) is 2.76. The van der Waals surface area contributed by atoms with Gasteiger partial charge in [-0.3, -0.25) is 20.2 Å². The minimum absolute atomic E-state index is 0.0715. The molecule has 1 aliphatic rings. The molecule has 114 valence electrons. The second kappa shape index (κ2) is 5.47. The van der Waals surface area contributed by atoms with E-state index in [1.54, 1.807) is 25.1 Å². The predicted octanol–water partition coefficient (Wildman–Crippen LogP) is 1.89. The smallest absolute Gasteiger partial charge is 0.269 e. The first-order chi connectivity index (χ1) is 10.5. The Morgan fingerprint density at radius 1 is 1.50 bits per heavy atom. The van der Waals surface area contributed by atoms with E-state index in [1.807, 2.05) is 4.90 Å². The Morgan fingerprint density at radius 2 is 2.32 bits per heavy atom. The Bertz CT molecular complexity index is 740. The number of aryl methyl sites for hydroxylation is 1. The van der Waals surface area contributed by atoms with Gasteiger partial charge in [-0.2, -0.15) is 0 Å². The first-order valence-corrected chi connectivity index (χ1v) is 6.78. The maximum atomic E-state index is 12.0. The number of anilines is 2. The van der Waals surface area contributed by atoms with Gasteiger partial charge in [0.1, 0.15) is 0 Å². The highest BCUT2D eigenvalue weighted by Crippen LogP contribution is 2.30. The molecule has 1 aromatic carbocycles. The SMILES string of the molecule is Cc1cc(NC(=O)CN2CCc3cc([N+](=O)[O-])ccc32)on1. The van der Waals surface area contributed by atoms with Crippen LogP contribution in [-0.4, -0.2) is 29.1 Å². The fourth-order valence-corrected chi connectivity index (χ4v) is 2.51. The Labute approximate surface area is 125 Å². The summed E-state index contributed by atoms with van der Waals surface area (Å²) in [5.74, 6) is 0.0907. The number of hydrogen-bond donors (Lipinski definition) is 1. The van der Waals surface area contributed by atoms with E-state index in [2.05, 4.69) is 10.5 Å². The van der Waals surface area contributed by atoms with Gasteiger partial charge in [0.2, 0.25) is 11.8 Å². The Kier molecular flexibility index (Phi) is 3.50. The van der Waals surface area contributed by atoms with E-state index in [-0.39, 0.29) is 18.1 Å². The predicted molar refractivity (Wildman–Crippen MR) is 78.9 cm³/mol. The summed E-state index contributed by atoms with van der Waals surface area (Å²) in [4.78, 5) is 24.3. The summed E-state index contributed by atoms with van der Waals surface area (Å²) in [5, 5.41) is 17.1. The van der Waals surface area contributed by atoms with Crippen LogP contribution in [0.4, 0.5) is 17.3 Å². The molecule has 0 fully saturated rings. The van der Waals surface area contributed by atoms with E-state index in [9.17, 15) is 14.9 Å². The summed E-state index contributed by atoms with van der Waals surface area (Å²) in [6.45, 7) is 2.58. The summed E-state index contributed by atoms with van der Waals surface area (Å²) in [7, 11) is 0. The Balaban J connectivity index is 1.68. The Hall–Kier alpha value is -2.90. The topological polar surface area (TPSA) is 102 Å². The van der Waals surface area contributed by atoms with Crippen LogP contribution in [0.2, 0.25) is 0 Å². The molecular weight excluding hydrogens is 288 g/mol. The first-order valence-electron chi connectivity index (χ1n) is 6.78. The van der Waals surface area contributed by atoms with Gasteiger partial charge >= 0.3 is 0 Å². The van der Waals surface area contributed by atoms with Crippen molar-refractivity contribution < 1.29 is 14.2 Å². The van der Waals surface area contributed by atoms with Crippen molar-refractivity contribution in [3.05, 3.63) is 45.6 Å². The normalized spacial score (nSPS) is 13.0. The lowest BCUT2D eigenvalue weighted by Gasteiger charge is -2.18. The van der Waals surface area contributed by atoms with Crippen molar-refractivity contribution in [1.82, 2.24) is 5.16 Å². The van der Waals surface area contributed by atoms with Gasteiger partial charge in [-0.25, -0.2) is 0 Å². The quantitative estimate of drug-likeness (QED) is 0.683. The maximum absolute atomic E-state index is 12.0. The van der Waals surface area contributed by atoms with E-state index >= 15 is 0 Å². The van der Waals surface area contributed by atoms with Gasteiger partial charge in [-0.15, -0.1) is 0 Å². The molecule has 22 heavy (non-hydrogen) atoms. The van der Waals surface area contributed by atoms with Crippen LogP contribution in [0.5, 0.6) is 0 Å². The molecule has 0 bridgehead atoms. The number of fused-ring (bicyclic) bond motifs is 1. The van der Waals surface area contributed by atoms with Crippen molar-refractivity contribution in [2.24, 2.45) is 0 Å². The third-order valence-corrected chi connectivity index (χ3v) is 3.49. The summed E-state index contributed by atoms with van der Waals surface area (Å²) in [6, 6.07) is 6.34. The lowest BCUT2D eigenvalue weighted by atomic mass is 10.1. The van der Waals surface area contributed by atoms with E-state index in [1.165, 1.54) is 6.07 Å². The average molecular weight is 302 g/mol. The molecule has 2 aromatic rings. The summed E-state index contributed by atoms with van der Waals surface area (Å²) in [5.41, 5.74) is 2.50. The van der Waals surface area contributed by atoms with Crippen molar-refractivity contribution in [2.75, 3.05) is 23.3 Å². The number of benzene rings is 1. The van der Waals surface area contributed by atoms with E-state index in [4.69, 9.17) is 4.52 Å². The van der Waals surface area contributed by atoms with Crippen LogP contribution < -0.4 is 10.2 Å². The number of nitrogens with one attached hydrogen (secondary N) is 1. The zero-order chi connectivity index (χ0) is 15.7.